The van der Waals surface area contributed by atoms with E-state index in [0.29, 0.717) is 5.56 Å². The van der Waals surface area contributed by atoms with Gasteiger partial charge in [-0.2, -0.15) is 0 Å². The topological polar surface area (TPSA) is 110 Å². The summed E-state index contributed by atoms with van der Waals surface area (Å²) in [6.07, 6.45) is 0. The Bertz CT molecular complexity index is 753. The van der Waals surface area contributed by atoms with Crippen molar-refractivity contribution in [2.24, 2.45) is 0 Å². The highest BCUT2D eigenvalue weighted by Gasteiger charge is 2.20. The maximum Gasteiger partial charge on any atom is 0.342 e. The Morgan fingerprint density at radius 2 is 1.77 bits per heavy atom. The molecule has 0 radical (unpaired) electrons. The van der Waals surface area contributed by atoms with E-state index in [-0.39, 0.29) is 5.69 Å². The number of nitrogens with zero attached hydrogens (tertiary/aromatic N) is 1. The third-order valence-electron chi connectivity index (χ3n) is 3.00. The van der Waals surface area contributed by atoms with E-state index in [1.165, 1.54) is 6.07 Å². The predicted octanol–water partition coefficient (Wildman–Crippen LogP) is 2.85. The fraction of sp³-hybridized carbons (Fsp3) is 0.0667. The monoisotopic (exact) mass is 300 g/mol. The molecule has 2 rings (SSSR count). The van der Waals surface area contributed by atoms with Gasteiger partial charge in [-0.15, -0.1) is 0 Å². The second-order valence-corrected chi connectivity index (χ2v) is 4.61. The van der Waals surface area contributed by atoms with Gasteiger partial charge < -0.3 is 10.4 Å². The number of nitro benzene ring substituents is 1. The van der Waals surface area contributed by atoms with Crippen molar-refractivity contribution in [1.29, 1.82) is 0 Å². The largest absolute Gasteiger partial charge is 0.477 e. The van der Waals surface area contributed by atoms with Gasteiger partial charge in [-0.05, 0) is 31.2 Å². The molecular weight excluding hydrogens is 288 g/mol. The molecule has 0 saturated carbocycles. The number of anilines is 1. The van der Waals surface area contributed by atoms with Gasteiger partial charge in [-0.3, -0.25) is 14.9 Å². The number of carbonyl (C=O) groups is 2. The third kappa shape index (κ3) is 3.26. The van der Waals surface area contributed by atoms with Crippen LogP contribution in [0.2, 0.25) is 0 Å². The molecule has 0 saturated heterocycles. The lowest BCUT2D eigenvalue weighted by Crippen LogP contribution is -2.13. The number of aromatic carboxylic acids is 1. The molecule has 0 aliphatic carbocycles. The Morgan fingerprint density at radius 1 is 1.14 bits per heavy atom. The Kier molecular flexibility index (Phi) is 4.17. The summed E-state index contributed by atoms with van der Waals surface area (Å²) in [4.78, 5) is 33.1. The molecule has 2 N–H and O–H groups in total. The molecule has 0 bridgehead atoms. The highest BCUT2D eigenvalue weighted by atomic mass is 16.6. The number of amides is 1. The molecule has 0 aromatic heterocycles. The number of carbonyl (C=O) groups excluding carboxylic acids is 1. The number of aryl methyl sites for hydroxylation is 1. The summed E-state index contributed by atoms with van der Waals surface area (Å²) in [6, 6.07) is 10.2. The van der Waals surface area contributed by atoms with Crippen LogP contribution in [0, 0.1) is 17.0 Å². The van der Waals surface area contributed by atoms with Crippen molar-refractivity contribution in [3.63, 3.8) is 0 Å². The van der Waals surface area contributed by atoms with Crippen LogP contribution in [-0.2, 0) is 0 Å². The average Bonchev–Trinajstić information content (AvgIpc) is 2.47. The molecule has 0 fully saturated rings. The van der Waals surface area contributed by atoms with E-state index in [4.69, 9.17) is 5.11 Å². The Morgan fingerprint density at radius 3 is 2.32 bits per heavy atom. The smallest absolute Gasteiger partial charge is 0.342 e. The first-order valence-corrected chi connectivity index (χ1v) is 6.28. The lowest BCUT2D eigenvalue weighted by molar-refractivity contribution is -0.385. The van der Waals surface area contributed by atoms with Gasteiger partial charge in [-0.1, -0.05) is 17.7 Å². The first-order valence-electron chi connectivity index (χ1n) is 6.28. The number of benzene rings is 2. The number of carboxylic acids is 1. The molecule has 0 unspecified atom stereocenters. The van der Waals surface area contributed by atoms with E-state index in [9.17, 15) is 19.7 Å². The maximum atomic E-state index is 12.0. The zero-order valence-corrected chi connectivity index (χ0v) is 11.6. The Hall–Kier alpha value is -3.22. The fourth-order valence-corrected chi connectivity index (χ4v) is 1.85. The quantitative estimate of drug-likeness (QED) is 0.666. The van der Waals surface area contributed by atoms with Crippen LogP contribution in [0.4, 0.5) is 11.4 Å². The van der Waals surface area contributed by atoms with Crippen LogP contribution in [0.5, 0.6) is 0 Å². The molecule has 2 aromatic carbocycles. The number of nitrogens with one attached hydrogen (secondary N) is 1. The number of carboxylic acid groups (broad SMARTS) is 1. The lowest BCUT2D eigenvalue weighted by atomic mass is 10.1. The van der Waals surface area contributed by atoms with Crippen LogP contribution in [-0.4, -0.2) is 21.9 Å². The van der Waals surface area contributed by atoms with Crippen molar-refractivity contribution in [3.05, 3.63) is 69.3 Å². The Balaban J connectivity index is 2.28. The summed E-state index contributed by atoms with van der Waals surface area (Å²) >= 11 is 0. The highest BCUT2D eigenvalue weighted by Crippen LogP contribution is 2.23. The second kappa shape index (κ2) is 6.04. The van der Waals surface area contributed by atoms with Crippen LogP contribution in [0.15, 0.2) is 42.5 Å². The molecular formula is C15H12N2O5. The van der Waals surface area contributed by atoms with Gasteiger partial charge in [0.15, 0.2) is 0 Å². The van der Waals surface area contributed by atoms with Gasteiger partial charge in [0.05, 0.1) is 4.92 Å². The molecule has 2 aromatic rings. The van der Waals surface area contributed by atoms with Crippen LogP contribution in [0.3, 0.4) is 0 Å². The lowest BCUT2D eigenvalue weighted by Gasteiger charge is -2.07. The standard InChI is InChI=1S/C15H12N2O5/c1-9-2-4-10(5-3-9)14(18)16-11-6-7-13(17(21)22)12(8-11)15(19)20/h2-8H,1H3,(H,16,18)(H,19,20). The van der Waals surface area contributed by atoms with Crippen molar-refractivity contribution in [1.82, 2.24) is 0 Å². The van der Waals surface area contributed by atoms with Crippen molar-refractivity contribution in [2.45, 2.75) is 6.92 Å². The minimum absolute atomic E-state index is 0.175. The SMILES string of the molecule is Cc1ccc(C(=O)Nc2ccc([N+](=O)[O-])c(C(=O)O)c2)cc1. The number of hydrogen-bond donors (Lipinski definition) is 2. The summed E-state index contributed by atoms with van der Waals surface area (Å²) in [7, 11) is 0. The van der Waals surface area contributed by atoms with Gasteiger partial charge in [0.25, 0.3) is 11.6 Å². The number of nitro groups is 1. The summed E-state index contributed by atoms with van der Waals surface area (Å²) < 4.78 is 0. The number of rotatable bonds is 4. The van der Waals surface area contributed by atoms with Crippen molar-refractivity contribution in [3.8, 4) is 0 Å². The van der Waals surface area contributed by atoms with Gasteiger partial charge >= 0.3 is 5.97 Å². The first-order chi connectivity index (χ1) is 10.4. The summed E-state index contributed by atoms with van der Waals surface area (Å²) in [5.74, 6) is -1.86. The average molecular weight is 300 g/mol. The van der Waals surface area contributed by atoms with Crippen LogP contribution >= 0.6 is 0 Å². The van der Waals surface area contributed by atoms with E-state index < -0.39 is 28.1 Å². The summed E-state index contributed by atoms with van der Waals surface area (Å²) in [5.41, 5.74) is 0.571. The number of hydrogen-bond acceptors (Lipinski definition) is 4. The molecule has 112 valence electrons. The zero-order chi connectivity index (χ0) is 16.3. The van der Waals surface area contributed by atoms with E-state index in [0.717, 1.165) is 17.7 Å². The molecule has 7 heteroatoms. The van der Waals surface area contributed by atoms with Crippen molar-refractivity contribution >= 4 is 23.3 Å². The van der Waals surface area contributed by atoms with E-state index in [2.05, 4.69) is 5.32 Å². The third-order valence-corrected chi connectivity index (χ3v) is 3.00. The van der Waals surface area contributed by atoms with Gasteiger partial charge in [0.1, 0.15) is 5.56 Å². The molecule has 7 nitrogen and oxygen atoms in total. The Labute approximate surface area is 125 Å². The van der Waals surface area contributed by atoms with E-state index in [1.54, 1.807) is 24.3 Å². The molecule has 0 aliphatic heterocycles. The fourth-order valence-electron chi connectivity index (χ4n) is 1.85. The van der Waals surface area contributed by atoms with Gasteiger partial charge in [0, 0.05) is 17.3 Å². The molecule has 1 amide bonds. The summed E-state index contributed by atoms with van der Waals surface area (Å²) in [6.45, 7) is 1.89. The van der Waals surface area contributed by atoms with Crippen LogP contribution in [0.1, 0.15) is 26.3 Å². The molecule has 0 aliphatic rings. The normalized spacial score (nSPS) is 10.0. The molecule has 0 spiro atoms. The van der Waals surface area contributed by atoms with Crippen molar-refractivity contribution < 1.29 is 19.6 Å². The first kappa shape index (κ1) is 15.2. The molecule has 0 atom stereocenters. The van der Waals surface area contributed by atoms with Crippen LogP contribution < -0.4 is 5.32 Å². The molecule has 22 heavy (non-hydrogen) atoms. The molecule has 0 heterocycles. The van der Waals surface area contributed by atoms with Crippen molar-refractivity contribution in [2.75, 3.05) is 5.32 Å². The van der Waals surface area contributed by atoms with Gasteiger partial charge in [-0.25, -0.2) is 4.79 Å². The van der Waals surface area contributed by atoms with Crippen LogP contribution in [0.25, 0.3) is 0 Å². The minimum atomic E-state index is -1.43. The van der Waals surface area contributed by atoms with E-state index >= 15 is 0 Å². The minimum Gasteiger partial charge on any atom is -0.477 e. The summed E-state index contributed by atoms with van der Waals surface area (Å²) in [5, 5.41) is 22.3. The van der Waals surface area contributed by atoms with Gasteiger partial charge in [0.2, 0.25) is 0 Å². The highest BCUT2D eigenvalue weighted by molar-refractivity contribution is 6.05. The second-order valence-electron chi connectivity index (χ2n) is 4.61. The predicted molar refractivity (Wildman–Crippen MR) is 79.2 cm³/mol. The van der Waals surface area contributed by atoms with E-state index in [1.807, 2.05) is 6.92 Å². The zero-order valence-electron chi connectivity index (χ0n) is 11.6. The maximum absolute atomic E-state index is 12.0.